The maximum Gasteiger partial charge on any atom is 0.251 e. The number of hydrogen-bond acceptors (Lipinski definition) is 4. The van der Waals surface area contributed by atoms with E-state index in [4.69, 9.17) is 14.2 Å². The Morgan fingerprint density at radius 2 is 1.64 bits per heavy atom. The number of amides is 1. The number of rotatable bonds is 5. The summed E-state index contributed by atoms with van der Waals surface area (Å²) < 4.78 is 17.7. The fourth-order valence-corrected chi connectivity index (χ4v) is 3.35. The molecule has 1 amide bonds. The molecule has 130 valence electrons. The SMILES string of the molecule is O=C(N[C@H]1CO[C@H]2[C@@H]1OC[C@H]2OCc1ccccc1)c1ccccc1. The van der Waals surface area contributed by atoms with Gasteiger partial charge in [-0.15, -0.1) is 0 Å². The van der Waals surface area contributed by atoms with Crippen LogP contribution in [-0.2, 0) is 20.8 Å². The number of carbonyl (C=O) groups excluding carboxylic acids is 1. The molecular formula is C20H21NO4. The summed E-state index contributed by atoms with van der Waals surface area (Å²) in [6, 6.07) is 19.1. The van der Waals surface area contributed by atoms with Crippen molar-refractivity contribution in [2.45, 2.75) is 31.0 Å². The molecule has 2 aromatic carbocycles. The number of fused-ring (bicyclic) bond motifs is 1. The molecule has 0 aromatic heterocycles. The summed E-state index contributed by atoms with van der Waals surface area (Å²) in [5.74, 6) is -0.105. The first-order valence-electron chi connectivity index (χ1n) is 8.56. The van der Waals surface area contributed by atoms with E-state index in [-0.39, 0.29) is 30.3 Å². The second-order valence-electron chi connectivity index (χ2n) is 6.38. The van der Waals surface area contributed by atoms with Gasteiger partial charge in [0.25, 0.3) is 5.91 Å². The highest BCUT2D eigenvalue weighted by Gasteiger charge is 2.48. The van der Waals surface area contributed by atoms with Gasteiger partial charge < -0.3 is 19.5 Å². The Balaban J connectivity index is 1.33. The first-order chi connectivity index (χ1) is 12.3. The molecule has 0 unspecified atom stereocenters. The number of carbonyl (C=O) groups is 1. The van der Waals surface area contributed by atoms with E-state index in [0.717, 1.165) is 5.56 Å². The number of ether oxygens (including phenoxy) is 3. The van der Waals surface area contributed by atoms with Crippen molar-refractivity contribution in [3.8, 4) is 0 Å². The van der Waals surface area contributed by atoms with Crippen LogP contribution in [0.25, 0.3) is 0 Å². The van der Waals surface area contributed by atoms with Crippen LogP contribution in [-0.4, -0.2) is 43.5 Å². The van der Waals surface area contributed by atoms with Crippen LogP contribution in [0.2, 0.25) is 0 Å². The molecule has 4 rings (SSSR count). The number of nitrogens with one attached hydrogen (secondary N) is 1. The average molecular weight is 339 g/mol. The molecule has 0 bridgehead atoms. The van der Waals surface area contributed by atoms with Crippen molar-refractivity contribution in [3.63, 3.8) is 0 Å². The van der Waals surface area contributed by atoms with E-state index in [1.807, 2.05) is 48.5 Å². The zero-order chi connectivity index (χ0) is 17.1. The van der Waals surface area contributed by atoms with Crippen molar-refractivity contribution in [1.82, 2.24) is 5.32 Å². The number of benzene rings is 2. The van der Waals surface area contributed by atoms with Crippen LogP contribution in [0.1, 0.15) is 15.9 Å². The summed E-state index contributed by atoms with van der Waals surface area (Å²) in [5, 5.41) is 3.02. The Kier molecular flexibility index (Phi) is 4.78. The highest BCUT2D eigenvalue weighted by Crippen LogP contribution is 2.29. The van der Waals surface area contributed by atoms with Gasteiger partial charge in [-0.05, 0) is 17.7 Å². The van der Waals surface area contributed by atoms with Gasteiger partial charge in [-0.3, -0.25) is 4.79 Å². The van der Waals surface area contributed by atoms with Gasteiger partial charge >= 0.3 is 0 Å². The zero-order valence-electron chi connectivity index (χ0n) is 13.8. The Bertz CT molecular complexity index is 706. The first-order valence-corrected chi connectivity index (χ1v) is 8.56. The third-order valence-corrected chi connectivity index (χ3v) is 4.67. The molecular weight excluding hydrogens is 318 g/mol. The molecule has 5 nitrogen and oxygen atoms in total. The van der Waals surface area contributed by atoms with Crippen molar-refractivity contribution < 1.29 is 19.0 Å². The second-order valence-corrected chi connectivity index (χ2v) is 6.38. The van der Waals surface area contributed by atoms with E-state index in [1.54, 1.807) is 12.1 Å². The van der Waals surface area contributed by atoms with Crippen LogP contribution in [0.15, 0.2) is 60.7 Å². The zero-order valence-corrected chi connectivity index (χ0v) is 13.8. The van der Waals surface area contributed by atoms with E-state index < -0.39 is 0 Å². The van der Waals surface area contributed by atoms with Gasteiger partial charge in [-0.1, -0.05) is 48.5 Å². The maximum atomic E-state index is 12.3. The molecule has 2 heterocycles. The lowest BCUT2D eigenvalue weighted by Gasteiger charge is -2.18. The monoisotopic (exact) mass is 339 g/mol. The minimum Gasteiger partial charge on any atom is -0.370 e. The van der Waals surface area contributed by atoms with E-state index >= 15 is 0 Å². The average Bonchev–Trinajstić information content (AvgIpc) is 3.25. The summed E-state index contributed by atoms with van der Waals surface area (Å²) in [4.78, 5) is 12.3. The normalized spacial score (nSPS) is 27.8. The molecule has 0 saturated carbocycles. The van der Waals surface area contributed by atoms with Crippen LogP contribution in [0.5, 0.6) is 0 Å². The van der Waals surface area contributed by atoms with Gasteiger partial charge in [0.15, 0.2) is 0 Å². The topological polar surface area (TPSA) is 56.8 Å². The van der Waals surface area contributed by atoms with Crippen molar-refractivity contribution in [2.75, 3.05) is 13.2 Å². The van der Waals surface area contributed by atoms with Gasteiger partial charge in [0.2, 0.25) is 0 Å². The lowest BCUT2D eigenvalue weighted by molar-refractivity contribution is -0.0392. The van der Waals surface area contributed by atoms with Crippen LogP contribution in [0.3, 0.4) is 0 Å². The highest BCUT2D eigenvalue weighted by atomic mass is 16.6. The largest absolute Gasteiger partial charge is 0.370 e. The van der Waals surface area contributed by atoms with Crippen LogP contribution >= 0.6 is 0 Å². The van der Waals surface area contributed by atoms with Gasteiger partial charge in [-0.2, -0.15) is 0 Å². The molecule has 25 heavy (non-hydrogen) atoms. The Hall–Kier alpha value is -2.21. The molecule has 2 aromatic rings. The molecule has 2 aliphatic heterocycles. The third-order valence-electron chi connectivity index (χ3n) is 4.67. The van der Waals surface area contributed by atoms with E-state index in [9.17, 15) is 4.79 Å². The summed E-state index contributed by atoms with van der Waals surface area (Å²) in [7, 11) is 0. The van der Waals surface area contributed by atoms with Gasteiger partial charge in [-0.25, -0.2) is 0 Å². The Labute approximate surface area is 146 Å². The lowest BCUT2D eigenvalue weighted by atomic mass is 10.1. The molecule has 2 fully saturated rings. The molecule has 0 radical (unpaired) electrons. The fourth-order valence-electron chi connectivity index (χ4n) is 3.35. The van der Waals surface area contributed by atoms with Crippen molar-refractivity contribution in [1.29, 1.82) is 0 Å². The molecule has 2 aliphatic rings. The lowest BCUT2D eigenvalue weighted by Crippen LogP contribution is -2.44. The third kappa shape index (κ3) is 3.58. The fraction of sp³-hybridized carbons (Fsp3) is 0.350. The van der Waals surface area contributed by atoms with Gasteiger partial charge in [0, 0.05) is 5.56 Å². The van der Waals surface area contributed by atoms with Crippen LogP contribution in [0.4, 0.5) is 0 Å². The maximum absolute atomic E-state index is 12.3. The predicted molar refractivity (Wildman–Crippen MR) is 92.2 cm³/mol. The van der Waals surface area contributed by atoms with E-state index in [2.05, 4.69) is 5.32 Å². The van der Waals surface area contributed by atoms with Crippen molar-refractivity contribution in [2.24, 2.45) is 0 Å². The van der Waals surface area contributed by atoms with Crippen molar-refractivity contribution in [3.05, 3.63) is 71.8 Å². The standard InChI is InChI=1S/C20H21NO4/c22-20(15-9-5-2-6-10-15)21-16-12-24-19-17(13-25-18(16)19)23-11-14-7-3-1-4-8-14/h1-10,16-19H,11-13H2,(H,21,22)/t16-,17+,18+,19+/m0/s1. The molecule has 0 spiro atoms. The summed E-state index contributed by atoms with van der Waals surface area (Å²) in [6.07, 6.45) is -0.401. The summed E-state index contributed by atoms with van der Waals surface area (Å²) in [6.45, 7) is 1.46. The van der Waals surface area contributed by atoms with Crippen LogP contribution < -0.4 is 5.32 Å². The molecule has 1 N–H and O–H groups in total. The highest BCUT2D eigenvalue weighted by molar-refractivity contribution is 5.94. The minimum atomic E-state index is -0.159. The number of hydrogen-bond donors (Lipinski definition) is 1. The first kappa shape index (κ1) is 16.3. The second kappa shape index (κ2) is 7.35. The molecule has 4 atom stereocenters. The minimum absolute atomic E-state index is 0.105. The Morgan fingerprint density at radius 3 is 2.40 bits per heavy atom. The molecule has 2 saturated heterocycles. The van der Waals surface area contributed by atoms with Crippen LogP contribution in [0, 0.1) is 0 Å². The van der Waals surface area contributed by atoms with Gasteiger partial charge in [0.05, 0.1) is 25.9 Å². The van der Waals surface area contributed by atoms with Gasteiger partial charge in [0.1, 0.15) is 18.3 Å². The van der Waals surface area contributed by atoms with E-state index in [1.165, 1.54) is 0 Å². The van der Waals surface area contributed by atoms with E-state index in [0.29, 0.717) is 25.4 Å². The smallest absolute Gasteiger partial charge is 0.251 e. The molecule has 0 aliphatic carbocycles. The summed E-state index contributed by atoms with van der Waals surface area (Å²) >= 11 is 0. The quantitative estimate of drug-likeness (QED) is 0.907. The Morgan fingerprint density at radius 1 is 0.960 bits per heavy atom. The summed E-state index contributed by atoms with van der Waals surface area (Å²) in [5.41, 5.74) is 1.76. The van der Waals surface area contributed by atoms with Crippen molar-refractivity contribution >= 4 is 5.91 Å². The molecule has 5 heteroatoms. The predicted octanol–water partition coefficient (Wildman–Crippen LogP) is 2.17.